The average molecular weight is 475 g/mol. The van der Waals surface area contributed by atoms with E-state index >= 15 is 0 Å². The lowest BCUT2D eigenvalue weighted by atomic mass is 9.86. The van der Waals surface area contributed by atoms with Gasteiger partial charge in [0.15, 0.2) is 0 Å². The molecule has 3 nitrogen and oxygen atoms in total. The molecule has 0 bridgehead atoms. The van der Waals surface area contributed by atoms with Crippen LogP contribution < -0.4 is 4.74 Å². The number of hydrogen-bond donors (Lipinski definition) is 0. The van der Waals surface area contributed by atoms with Crippen LogP contribution in [0.3, 0.4) is 0 Å². The van der Waals surface area contributed by atoms with E-state index in [1.54, 1.807) is 0 Å². The van der Waals surface area contributed by atoms with Gasteiger partial charge in [0.1, 0.15) is 5.75 Å². The lowest BCUT2D eigenvalue weighted by Gasteiger charge is -2.38. The Labute approximate surface area is 192 Å². The van der Waals surface area contributed by atoms with E-state index in [1.807, 2.05) is 6.07 Å². The number of halogens is 1. The van der Waals surface area contributed by atoms with Crippen LogP contribution >= 0.6 is 15.9 Å². The number of fused-ring (bicyclic) bond motifs is 3. The van der Waals surface area contributed by atoms with E-state index in [9.17, 15) is 0 Å². The number of rotatable bonds is 2. The monoisotopic (exact) mass is 474 g/mol. The van der Waals surface area contributed by atoms with Crippen molar-refractivity contribution in [1.82, 2.24) is 5.01 Å². The number of benzene rings is 3. The standard InChI is InChI=1S/C27H27BrN2O/c1-17-5-7-18(8-6-17)23-16-24-22-15-21(28)13-14-25(22)31-26(30(24)29-23)19-9-11-20(12-10-19)27(2,3)4/h5-15,24,26H,16H2,1-4H3/t24-,26+/m0/s1. The van der Waals surface area contributed by atoms with Crippen LogP contribution in [-0.2, 0) is 5.41 Å². The lowest BCUT2D eigenvalue weighted by Crippen LogP contribution is -2.33. The van der Waals surface area contributed by atoms with Crippen molar-refractivity contribution in [2.75, 3.05) is 0 Å². The third-order valence-electron chi connectivity index (χ3n) is 6.20. The fourth-order valence-corrected chi connectivity index (χ4v) is 4.73. The molecule has 2 heterocycles. The Morgan fingerprint density at radius 2 is 1.68 bits per heavy atom. The first-order chi connectivity index (χ1) is 14.8. The molecule has 0 amide bonds. The Morgan fingerprint density at radius 1 is 0.968 bits per heavy atom. The number of hydrazone groups is 1. The average Bonchev–Trinajstić information content (AvgIpc) is 3.19. The zero-order valence-electron chi connectivity index (χ0n) is 18.4. The van der Waals surface area contributed by atoms with E-state index in [-0.39, 0.29) is 17.7 Å². The van der Waals surface area contributed by atoms with Gasteiger partial charge in [-0.05, 0) is 41.7 Å². The summed E-state index contributed by atoms with van der Waals surface area (Å²) >= 11 is 3.63. The summed E-state index contributed by atoms with van der Waals surface area (Å²) in [5.41, 5.74) is 7.30. The minimum atomic E-state index is -0.240. The molecular formula is C27H27BrN2O. The highest BCUT2D eigenvalue weighted by Crippen LogP contribution is 2.48. The fraction of sp³-hybridized carbons (Fsp3) is 0.296. The van der Waals surface area contributed by atoms with Gasteiger partial charge in [-0.1, -0.05) is 90.8 Å². The van der Waals surface area contributed by atoms with Gasteiger partial charge in [-0.3, -0.25) is 0 Å². The second kappa shape index (κ2) is 7.52. The van der Waals surface area contributed by atoms with E-state index in [0.29, 0.717) is 0 Å². The summed E-state index contributed by atoms with van der Waals surface area (Å²) in [7, 11) is 0. The molecule has 0 saturated heterocycles. The first-order valence-electron chi connectivity index (χ1n) is 10.8. The second-order valence-electron chi connectivity index (χ2n) is 9.54. The van der Waals surface area contributed by atoms with E-state index in [2.05, 4.69) is 109 Å². The van der Waals surface area contributed by atoms with Gasteiger partial charge >= 0.3 is 0 Å². The summed E-state index contributed by atoms with van der Waals surface area (Å²) in [5.74, 6) is 0.940. The minimum absolute atomic E-state index is 0.123. The van der Waals surface area contributed by atoms with Crippen LogP contribution in [0, 0.1) is 6.92 Å². The molecule has 2 atom stereocenters. The van der Waals surface area contributed by atoms with Crippen molar-refractivity contribution in [3.63, 3.8) is 0 Å². The molecule has 4 heteroatoms. The molecule has 0 fully saturated rings. The largest absolute Gasteiger partial charge is 0.464 e. The molecule has 0 unspecified atom stereocenters. The molecule has 3 aromatic carbocycles. The second-order valence-corrected chi connectivity index (χ2v) is 10.5. The van der Waals surface area contributed by atoms with E-state index in [4.69, 9.17) is 9.84 Å². The van der Waals surface area contributed by atoms with Crippen LogP contribution in [-0.4, -0.2) is 10.7 Å². The lowest BCUT2D eigenvalue weighted by molar-refractivity contribution is -0.0191. The fourth-order valence-electron chi connectivity index (χ4n) is 4.35. The van der Waals surface area contributed by atoms with Crippen molar-refractivity contribution < 1.29 is 4.74 Å². The van der Waals surface area contributed by atoms with Crippen LogP contribution in [0.5, 0.6) is 5.75 Å². The smallest absolute Gasteiger partial charge is 0.213 e. The molecule has 3 aromatic rings. The zero-order chi connectivity index (χ0) is 21.8. The first-order valence-corrected chi connectivity index (χ1v) is 11.6. The highest BCUT2D eigenvalue weighted by Gasteiger charge is 2.41. The van der Waals surface area contributed by atoms with Gasteiger partial charge in [0.25, 0.3) is 0 Å². The van der Waals surface area contributed by atoms with Gasteiger partial charge in [-0.25, -0.2) is 5.01 Å². The highest BCUT2D eigenvalue weighted by atomic mass is 79.9. The number of nitrogens with zero attached hydrogens (tertiary/aromatic N) is 2. The molecule has 158 valence electrons. The number of hydrogen-bond acceptors (Lipinski definition) is 3. The maximum atomic E-state index is 6.51. The van der Waals surface area contributed by atoms with Gasteiger partial charge < -0.3 is 4.74 Å². The maximum Gasteiger partial charge on any atom is 0.213 e. The number of ether oxygens (including phenoxy) is 1. The van der Waals surface area contributed by atoms with E-state index < -0.39 is 0 Å². The first kappa shape index (κ1) is 20.3. The third kappa shape index (κ3) is 3.78. The molecule has 0 N–H and O–H groups in total. The van der Waals surface area contributed by atoms with Gasteiger partial charge in [-0.15, -0.1) is 0 Å². The molecule has 5 rings (SSSR count). The molecule has 0 aliphatic carbocycles. The number of aryl methyl sites for hydroxylation is 1. The molecule has 0 spiro atoms. The van der Waals surface area contributed by atoms with Crippen molar-refractivity contribution in [1.29, 1.82) is 0 Å². The van der Waals surface area contributed by atoms with Gasteiger partial charge in [0.05, 0.1) is 11.8 Å². The predicted octanol–water partition coefficient (Wildman–Crippen LogP) is 7.30. The SMILES string of the molecule is Cc1ccc(C2=NN3[C@@H](c4ccc(C(C)(C)C)cc4)Oc4ccc(Br)cc4[C@@H]3C2)cc1. The summed E-state index contributed by atoms with van der Waals surface area (Å²) < 4.78 is 7.58. The normalized spacial score (nSPS) is 20.0. The molecule has 31 heavy (non-hydrogen) atoms. The Bertz CT molecular complexity index is 1140. The van der Waals surface area contributed by atoms with Crippen LogP contribution in [0.4, 0.5) is 0 Å². The molecule has 2 aliphatic rings. The van der Waals surface area contributed by atoms with Crippen molar-refractivity contribution >= 4 is 21.6 Å². The summed E-state index contributed by atoms with van der Waals surface area (Å²) in [6.07, 6.45) is 0.627. The van der Waals surface area contributed by atoms with Crippen molar-refractivity contribution in [3.8, 4) is 5.75 Å². The molecule has 0 radical (unpaired) electrons. The summed E-state index contributed by atoms with van der Waals surface area (Å²) in [4.78, 5) is 0. The Balaban J connectivity index is 1.56. The molecule has 0 saturated carbocycles. The summed E-state index contributed by atoms with van der Waals surface area (Å²) in [5, 5.41) is 7.23. The topological polar surface area (TPSA) is 24.8 Å². The molecular weight excluding hydrogens is 448 g/mol. The minimum Gasteiger partial charge on any atom is -0.464 e. The van der Waals surface area contributed by atoms with Crippen molar-refractivity contribution in [2.45, 2.75) is 51.8 Å². The van der Waals surface area contributed by atoms with Gasteiger partial charge in [0.2, 0.25) is 6.23 Å². The highest BCUT2D eigenvalue weighted by molar-refractivity contribution is 9.10. The maximum absolute atomic E-state index is 6.51. The summed E-state index contributed by atoms with van der Waals surface area (Å²) in [6, 6.07) is 23.9. The zero-order valence-corrected chi connectivity index (χ0v) is 20.0. The quantitative estimate of drug-likeness (QED) is 0.389. The van der Waals surface area contributed by atoms with Crippen LogP contribution in [0.1, 0.15) is 67.3 Å². The van der Waals surface area contributed by atoms with Crippen molar-refractivity contribution in [2.24, 2.45) is 5.10 Å². The van der Waals surface area contributed by atoms with E-state index in [1.165, 1.54) is 22.3 Å². The molecule has 0 aromatic heterocycles. The third-order valence-corrected chi connectivity index (χ3v) is 6.69. The van der Waals surface area contributed by atoms with Crippen LogP contribution in [0.15, 0.2) is 76.3 Å². The van der Waals surface area contributed by atoms with E-state index in [0.717, 1.165) is 27.9 Å². The van der Waals surface area contributed by atoms with Gasteiger partial charge in [0, 0.05) is 22.0 Å². The van der Waals surface area contributed by atoms with Crippen LogP contribution in [0.2, 0.25) is 0 Å². The van der Waals surface area contributed by atoms with Crippen molar-refractivity contribution in [3.05, 3.63) is 99.0 Å². The Morgan fingerprint density at radius 3 is 2.35 bits per heavy atom. The van der Waals surface area contributed by atoms with Gasteiger partial charge in [-0.2, -0.15) is 5.10 Å². The molecule has 2 aliphatic heterocycles. The Hall–Kier alpha value is -2.59. The van der Waals surface area contributed by atoms with Crippen LogP contribution in [0.25, 0.3) is 0 Å². The summed E-state index contributed by atoms with van der Waals surface area (Å²) in [6.45, 7) is 8.83. The Kier molecular flexibility index (Phi) is 4.93. The predicted molar refractivity (Wildman–Crippen MR) is 130 cm³/mol.